The van der Waals surface area contributed by atoms with Crippen molar-refractivity contribution < 1.29 is 0 Å². The van der Waals surface area contributed by atoms with Crippen LogP contribution in [0, 0.1) is 0 Å². The summed E-state index contributed by atoms with van der Waals surface area (Å²) in [6, 6.07) is 0. The van der Waals surface area contributed by atoms with Crippen LogP contribution < -0.4 is 5.56 Å². The van der Waals surface area contributed by atoms with Gasteiger partial charge in [0.15, 0.2) is 0 Å². The molecule has 3 heteroatoms. The Kier molecular flexibility index (Phi) is 4.18. The summed E-state index contributed by atoms with van der Waals surface area (Å²) in [5, 5.41) is 3.24. The number of hydrogen-bond donors (Lipinski definition) is 1. The van der Waals surface area contributed by atoms with E-state index in [0.717, 1.165) is 37.1 Å². The molecule has 0 radical (unpaired) electrons. The van der Waals surface area contributed by atoms with Crippen LogP contribution in [0.2, 0.25) is 0 Å². The lowest BCUT2D eigenvalue weighted by atomic mass is 10.0. The zero-order valence-corrected chi connectivity index (χ0v) is 10.3. The molecule has 0 atom stereocenters. The molecule has 0 aliphatic carbocycles. The Bertz CT molecular complexity index is 360. The molecule has 0 unspecified atom stereocenters. The second-order valence-corrected chi connectivity index (χ2v) is 4.37. The van der Waals surface area contributed by atoms with Crippen LogP contribution in [0.15, 0.2) is 4.79 Å². The van der Waals surface area contributed by atoms with Gasteiger partial charge in [-0.15, -0.1) is 0 Å². The molecule has 3 nitrogen and oxygen atoms in total. The van der Waals surface area contributed by atoms with Crippen molar-refractivity contribution in [2.45, 2.75) is 59.4 Å². The molecule has 1 aromatic heterocycles. The van der Waals surface area contributed by atoms with E-state index in [1.165, 1.54) is 0 Å². The van der Waals surface area contributed by atoms with Gasteiger partial charge in [0.25, 0.3) is 5.56 Å². The second kappa shape index (κ2) is 5.19. The number of H-pyrrole nitrogens is 1. The van der Waals surface area contributed by atoms with Crippen LogP contribution in [0.3, 0.4) is 0 Å². The fourth-order valence-electron chi connectivity index (χ4n) is 1.89. The lowest BCUT2D eigenvalue weighted by Gasteiger charge is -2.04. The largest absolute Gasteiger partial charge is 0.299 e. The van der Waals surface area contributed by atoms with Gasteiger partial charge in [-0.3, -0.25) is 14.6 Å². The SMILES string of the molecule is CCCc1c(C(C)C)[nH]n(CCC)c1=O. The highest BCUT2D eigenvalue weighted by molar-refractivity contribution is 5.20. The summed E-state index contributed by atoms with van der Waals surface area (Å²) >= 11 is 0. The molecule has 0 aliphatic heterocycles. The predicted octanol–water partition coefficient (Wildman–Crippen LogP) is 2.66. The van der Waals surface area contributed by atoms with Gasteiger partial charge in [0.2, 0.25) is 0 Å². The Morgan fingerprint density at radius 2 is 1.93 bits per heavy atom. The van der Waals surface area contributed by atoms with Gasteiger partial charge in [0.05, 0.1) is 0 Å². The molecule has 0 saturated heterocycles. The molecule has 1 rings (SSSR count). The molecular weight excluding hydrogens is 188 g/mol. The lowest BCUT2D eigenvalue weighted by molar-refractivity contribution is 0.572. The first kappa shape index (κ1) is 12.1. The Morgan fingerprint density at radius 1 is 1.27 bits per heavy atom. The number of hydrogen-bond acceptors (Lipinski definition) is 1. The van der Waals surface area contributed by atoms with E-state index in [1.807, 2.05) is 0 Å². The van der Waals surface area contributed by atoms with E-state index < -0.39 is 0 Å². The average molecular weight is 210 g/mol. The minimum Gasteiger partial charge on any atom is -0.299 e. The Balaban J connectivity index is 3.14. The van der Waals surface area contributed by atoms with Crippen molar-refractivity contribution in [1.29, 1.82) is 0 Å². The maximum absolute atomic E-state index is 12.0. The number of aromatic amines is 1. The third-order valence-electron chi connectivity index (χ3n) is 2.61. The van der Waals surface area contributed by atoms with Crippen molar-refractivity contribution in [1.82, 2.24) is 9.78 Å². The van der Waals surface area contributed by atoms with Crippen molar-refractivity contribution in [3.63, 3.8) is 0 Å². The lowest BCUT2D eigenvalue weighted by Crippen LogP contribution is -2.18. The van der Waals surface area contributed by atoms with Crippen molar-refractivity contribution in [2.75, 3.05) is 0 Å². The molecule has 1 N–H and O–H groups in total. The molecule has 0 saturated carbocycles. The average Bonchev–Trinajstić information content (AvgIpc) is 2.48. The van der Waals surface area contributed by atoms with Crippen LogP contribution in [-0.2, 0) is 13.0 Å². The molecule has 0 fully saturated rings. The summed E-state index contributed by atoms with van der Waals surface area (Å²) < 4.78 is 1.75. The highest BCUT2D eigenvalue weighted by Gasteiger charge is 2.14. The summed E-state index contributed by atoms with van der Waals surface area (Å²) in [5.41, 5.74) is 2.29. The Labute approximate surface area is 91.5 Å². The van der Waals surface area contributed by atoms with E-state index in [0.29, 0.717) is 5.92 Å². The fourth-order valence-corrected chi connectivity index (χ4v) is 1.89. The molecule has 1 aromatic rings. The van der Waals surface area contributed by atoms with Crippen LogP contribution in [0.5, 0.6) is 0 Å². The van der Waals surface area contributed by atoms with E-state index in [1.54, 1.807) is 4.68 Å². The Hall–Kier alpha value is -0.990. The quantitative estimate of drug-likeness (QED) is 0.797. The predicted molar refractivity (Wildman–Crippen MR) is 63.4 cm³/mol. The molecule has 0 aliphatic rings. The third kappa shape index (κ3) is 2.52. The number of nitrogens with one attached hydrogen (secondary N) is 1. The van der Waals surface area contributed by atoms with Gasteiger partial charge in [-0.2, -0.15) is 0 Å². The van der Waals surface area contributed by atoms with E-state index >= 15 is 0 Å². The van der Waals surface area contributed by atoms with Crippen molar-refractivity contribution in [3.05, 3.63) is 21.6 Å². The van der Waals surface area contributed by atoms with Gasteiger partial charge in [0, 0.05) is 17.8 Å². The summed E-state index contributed by atoms with van der Waals surface area (Å²) in [6.07, 6.45) is 2.90. The normalized spacial score (nSPS) is 11.3. The first-order valence-corrected chi connectivity index (χ1v) is 5.93. The van der Waals surface area contributed by atoms with Crippen molar-refractivity contribution in [2.24, 2.45) is 0 Å². The summed E-state index contributed by atoms with van der Waals surface area (Å²) in [5.74, 6) is 0.400. The van der Waals surface area contributed by atoms with Gasteiger partial charge in [-0.25, -0.2) is 0 Å². The minimum atomic E-state index is 0.183. The Morgan fingerprint density at radius 3 is 2.40 bits per heavy atom. The molecule has 86 valence electrons. The van der Waals surface area contributed by atoms with E-state index in [-0.39, 0.29) is 5.56 Å². The molecule has 15 heavy (non-hydrogen) atoms. The van der Waals surface area contributed by atoms with Gasteiger partial charge < -0.3 is 0 Å². The number of nitrogens with zero attached hydrogens (tertiary/aromatic N) is 1. The van der Waals surface area contributed by atoms with Crippen molar-refractivity contribution >= 4 is 0 Å². The van der Waals surface area contributed by atoms with Gasteiger partial charge in [-0.05, 0) is 18.8 Å². The van der Waals surface area contributed by atoms with Gasteiger partial charge in [0.1, 0.15) is 0 Å². The molecule has 1 heterocycles. The highest BCUT2D eigenvalue weighted by Crippen LogP contribution is 2.15. The first-order chi connectivity index (χ1) is 7.11. The van der Waals surface area contributed by atoms with Crippen LogP contribution in [0.25, 0.3) is 0 Å². The smallest absolute Gasteiger partial charge is 0.269 e. The number of aromatic nitrogens is 2. The number of aryl methyl sites for hydroxylation is 1. The van der Waals surface area contributed by atoms with E-state index in [2.05, 4.69) is 32.8 Å². The zero-order chi connectivity index (χ0) is 11.4. The monoisotopic (exact) mass is 210 g/mol. The van der Waals surface area contributed by atoms with Crippen molar-refractivity contribution in [3.8, 4) is 0 Å². The molecule has 0 amide bonds. The maximum Gasteiger partial charge on any atom is 0.269 e. The number of rotatable bonds is 5. The topological polar surface area (TPSA) is 37.8 Å². The van der Waals surface area contributed by atoms with Crippen LogP contribution in [0.4, 0.5) is 0 Å². The second-order valence-electron chi connectivity index (χ2n) is 4.37. The van der Waals surface area contributed by atoms with Gasteiger partial charge in [-0.1, -0.05) is 34.1 Å². The highest BCUT2D eigenvalue weighted by atomic mass is 16.1. The fraction of sp³-hybridized carbons (Fsp3) is 0.750. The molecule has 0 spiro atoms. The van der Waals surface area contributed by atoms with Gasteiger partial charge >= 0.3 is 0 Å². The third-order valence-corrected chi connectivity index (χ3v) is 2.61. The minimum absolute atomic E-state index is 0.183. The molecule has 0 aromatic carbocycles. The van der Waals surface area contributed by atoms with Crippen LogP contribution in [0.1, 0.15) is 57.7 Å². The maximum atomic E-state index is 12.0. The van der Waals surface area contributed by atoms with E-state index in [9.17, 15) is 4.79 Å². The van der Waals surface area contributed by atoms with E-state index in [4.69, 9.17) is 0 Å². The first-order valence-electron chi connectivity index (χ1n) is 5.93. The summed E-state index contributed by atoms with van der Waals surface area (Å²) in [7, 11) is 0. The van der Waals surface area contributed by atoms with Crippen LogP contribution in [-0.4, -0.2) is 9.78 Å². The molecule has 0 bridgehead atoms. The zero-order valence-electron chi connectivity index (χ0n) is 10.3. The standard InChI is InChI=1S/C12H22N2O/c1-5-7-10-11(9(3)4)13-14(8-6-2)12(10)15/h9,13H,5-8H2,1-4H3. The molecular formula is C12H22N2O. The summed E-state index contributed by atoms with van der Waals surface area (Å²) in [4.78, 5) is 12.0. The summed E-state index contributed by atoms with van der Waals surface area (Å²) in [6.45, 7) is 9.24. The van der Waals surface area contributed by atoms with Crippen LogP contribution >= 0.6 is 0 Å².